The standard InChI is InChI=1S/C33H50FN5O4/c1-37-12-4-7-22(37)8-11-36-33(42)24-18-39-26-15-20-5-2-3-6-21(20)16-27(26)43-31-28(39)23(30(24)40)17-25(34)29(31)38-13-9-19(10-14-38)32(35)41/h18-23,25-29,31H,2-17H2,1H3,(H2,35,41)(H,36,42). The number of likely N-dealkylation sites (tertiary alicyclic amines) is 2. The molecule has 7 rings (SSSR count). The van der Waals surface area contributed by atoms with Crippen molar-refractivity contribution in [2.45, 2.75) is 120 Å². The Bertz CT molecular complexity index is 1130. The largest absolute Gasteiger partial charge is 0.369 e. The summed E-state index contributed by atoms with van der Waals surface area (Å²) in [7, 11) is 2.13. The van der Waals surface area contributed by atoms with Crippen LogP contribution in [0, 0.1) is 23.7 Å². The number of nitrogens with one attached hydrogen (secondary N) is 1. The number of hydrogen-bond acceptors (Lipinski definition) is 7. The predicted molar refractivity (Wildman–Crippen MR) is 159 cm³/mol. The van der Waals surface area contributed by atoms with Crippen molar-refractivity contribution in [2.75, 3.05) is 33.2 Å². The Morgan fingerprint density at radius 1 is 1.00 bits per heavy atom. The fourth-order valence-corrected chi connectivity index (χ4v) is 10.1. The lowest BCUT2D eigenvalue weighted by atomic mass is 9.64. The van der Waals surface area contributed by atoms with Crippen LogP contribution in [0.3, 0.4) is 0 Å². The number of piperidine rings is 1. The molecule has 3 saturated carbocycles. The molecule has 6 fully saturated rings. The number of rotatable bonds is 6. The van der Waals surface area contributed by atoms with Gasteiger partial charge in [-0.2, -0.15) is 0 Å². The smallest absolute Gasteiger partial charge is 0.256 e. The number of amides is 2. The van der Waals surface area contributed by atoms with E-state index in [2.05, 4.69) is 27.1 Å². The maximum absolute atomic E-state index is 16.3. The molecule has 2 amide bonds. The Balaban J connectivity index is 1.15. The summed E-state index contributed by atoms with van der Waals surface area (Å²) >= 11 is 0. The first-order valence-corrected chi connectivity index (χ1v) is 17.1. The number of primary amides is 1. The second-order valence-corrected chi connectivity index (χ2v) is 14.7. The summed E-state index contributed by atoms with van der Waals surface area (Å²) in [5, 5.41) is 3.05. The molecule has 4 heterocycles. The lowest BCUT2D eigenvalue weighted by Gasteiger charge is -2.62. The molecular weight excluding hydrogens is 549 g/mol. The number of fused-ring (bicyclic) bond motifs is 3. The van der Waals surface area contributed by atoms with Gasteiger partial charge in [-0.1, -0.05) is 25.7 Å². The molecule has 10 unspecified atom stereocenters. The Hall–Kier alpha value is -2.04. The summed E-state index contributed by atoms with van der Waals surface area (Å²) in [6, 6.07) is -0.183. The third-order valence-corrected chi connectivity index (χ3v) is 12.5. The van der Waals surface area contributed by atoms with Gasteiger partial charge in [-0.25, -0.2) is 4.39 Å². The van der Waals surface area contributed by atoms with Crippen molar-refractivity contribution >= 4 is 17.6 Å². The summed E-state index contributed by atoms with van der Waals surface area (Å²) in [6.45, 7) is 2.82. The van der Waals surface area contributed by atoms with Gasteiger partial charge in [0.05, 0.1) is 35.9 Å². The quantitative estimate of drug-likeness (QED) is 0.452. The Morgan fingerprint density at radius 3 is 2.44 bits per heavy atom. The van der Waals surface area contributed by atoms with Crippen molar-refractivity contribution < 1.29 is 23.5 Å². The lowest BCUT2D eigenvalue weighted by molar-refractivity contribution is -0.222. The highest BCUT2D eigenvalue weighted by Gasteiger charge is 2.60. The van der Waals surface area contributed by atoms with Crippen molar-refractivity contribution in [3.8, 4) is 0 Å². The minimum Gasteiger partial charge on any atom is -0.369 e. The molecule has 9 nitrogen and oxygen atoms in total. The minimum atomic E-state index is -1.25. The van der Waals surface area contributed by atoms with E-state index in [0.717, 1.165) is 32.2 Å². The van der Waals surface area contributed by atoms with Crippen molar-refractivity contribution in [3.63, 3.8) is 0 Å². The zero-order valence-corrected chi connectivity index (χ0v) is 25.7. The average Bonchev–Trinajstić information content (AvgIpc) is 3.41. The number of hydrogen-bond donors (Lipinski definition) is 2. The molecule has 0 aromatic carbocycles. The molecule has 10 heteroatoms. The molecule has 3 saturated heterocycles. The average molecular weight is 600 g/mol. The number of morpholine rings is 1. The van der Waals surface area contributed by atoms with Gasteiger partial charge in [-0.05, 0) is 89.9 Å². The number of carbonyl (C=O) groups is 3. The third kappa shape index (κ3) is 5.43. The van der Waals surface area contributed by atoms with Crippen LogP contribution in [0.4, 0.5) is 4.39 Å². The Kier molecular flexibility index (Phi) is 8.31. The SMILES string of the molecule is CN1CCCC1CCNC(=O)C1=CN2C3CC4CCCCC4CC3OC3C(N4CCC(C(N)=O)CC4)C(F)CC(C1=O)C32. The van der Waals surface area contributed by atoms with E-state index in [1.165, 1.54) is 32.1 Å². The van der Waals surface area contributed by atoms with Crippen LogP contribution < -0.4 is 11.1 Å². The van der Waals surface area contributed by atoms with E-state index in [-0.39, 0.29) is 53.7 Å². The first-order chi connectivity index (χ1) is 20.8. The van der Waals surface area contributed by atoms with Crippen LogP contribution in [0.5, 0.6) is 0 Å². The van der Waals surface area contributed by atoms with Gasteiger partial charge in [0.25, 0.3) is 5.91 Å². The van der Waals surface area contributed by atoms with Gasteiger partial charge in [-0.3, -0.25) is 19.3 Å². The second kappa shape index (κ2) is 12.0. The van der Waals surface area contributed by atoms with E-state index < -0.39 is 24.2 Å². The van der Waals surface area contributed by atoms with E-state index in [1.807, 2.05) is 6.20 Å². The number of Topliss-reactive ketones (excluding diaryl/α,β-unsaturated/α-hetero) is 1. The van der Waals surface area contributed by atoms with Crippen LogP contribution in [-0.2, 0) is 19.1 Å². The van der Waals surface area contributed by atoms with Crippen LogP contribution in [0.2, 0.25) is 0 Å². The number of nitrogens with two attached hydrogens (primary N) is 1. The van der Waals surface area contributed by atoms with E-state index in [4.69, 9.17) is 10.5 Å². The highest BCUT2D eigenvalue weighted by molar-refractivity contribution is 6.20. The monoisotopic (exact) mass is 599 g/mol. The molecule has 3 N–H and O–H groups in total. The first kappa shape index (κ1) is 29.7. The molecule has 7 aliphatic rings. The van der Waals surface area contributed by atoms with E-state index in [9.17, 15) is 14.4 Å². The number of ketones is 1. The number of ether oxygens (including phenoxy) is 1. The van der Waals surface area contributed by atoms with Crippen LogP contribution in [0.25, 0.3) is 0 Å². The van der Waals surface area contributed by atoms with Crippen LogP contribution in [-0.4, -0.2) is 108 Å². The van der Waals surface area contributed by atoms with Gasteiger partial charge in [0.2, 0.25) is 5.91 Å². The summed E-state index contributed by atoms with van der Waals surface area (Å²) in [5.74, 6) is -0.336. The molecule has 4 aliphatic heterocycles. The van der Waals surface area contributed by atoms with E-state index in [1.54, 1.807) is 0 Å². The molecule has 0 bridgehead atoms. The van der Waals surface area contributed by atoms with E-state index >= 15 is 4.39 Å². The highest BCUT2D eigenvalue weighted by atomic mass is 19.1. The van der Waals surface area contributed by atoms with Crippen molar-refractivity contribution in [3.05, 3.63) is 11.8 Å². The fraction of sp³-hybridized carbons (Fsp3) is 0.848. The van der Waals surface area contributed by atoms with E-state index in [0.29, 0.717) is 50.4 Å². The first-order valence-electron chi connectivity index (χ1n) is 17.1. The molecule has 10 atom stereocenters. The molecule has 3 aliphatic carbocycles. The summed E-state index contributed by atoms with van der Waals surface area (Å²) in [6.07, 6.45) is 11.6. The predicted octanol–water partition coefficient (Wildman–Crippen LogP) is 2.38. The normalized spacial score (nSPS) is 42.0. The third-order valence-electron chi connectivity index (χ3n) is 12.5. The molecule has 0 radical (unpaired) electrons. The second-order valence-electron chi connectivity index (χ2n) is 14.7. The maximum atomic E-state index is 16.3. The highest BCUT2D eigenvalue weighted by Crippen LogP contribution is 2.51. The topological polar surface area (TPSA) is 108 Å². The van der Waals surface area contributed by atoms with Crippen molar-refractivity contribution in [1.29, 1.82) is 0 Å². The summed E-state index contributed by atoms with van der Waals surface area (Å²) in [5.41, 5.74) is 5.79. The van der Waals surface area contributed by atoms with Crippen molar-refractivity contribution in [1.82, 2.24) is 20.0 Å². The van der Waals surface area contributed by atoms with Gasteiger partial charge in [-0.15, -0.1) is 0 Å². The fourth-order valence-electron chi connectivity index (χ4n) is 10.1. The molecule has 43 heavy (non-hydrogen) atoms. The van der Waals surface area contributed by atoms with Gasteiger partial charge in [0.1, 0.15) is 6.17 Å². The van der Waals surface area contributed by atoms with Crippen molar-refractivity contribution in [2.24, 2.45) is 29.4 Å². The van der Waals surface area contributed by atoms with Gasteiger partial charge >= 0.3 is 0 Å². The van der Waals surface area contributed by atoms with Gasteiger partial charge in [0, 0.05) is 30.6 Å². The zero-order valence-electron chi connectivity index (χ0n) is 25.7. The maximum Gasteiger partial charge on any atom is 0.256 e. The minimum absolute atomic E-state index is 0.0381. The zero-order chi connectivity index (χ0) is 29.8. The molecular formula is C33H50FN5O4. The summed E-state index contributed by atoms with van der Waals surface area (Å²) < 4.78 is 23.3. The number of halogens is 1. The summed E-state index contributed by atoms with van der Waals surface area (Å²) in [4.78, 5) is 46.2. The lowest BCUT2D eigenvalue weighted by Crippen LogP contribution is -2.74. The van der Waals surface area contributed by atoms with Crippen LogP contribution in [0.1, 0.15) is 77.0 Å². The molecule has 238 valence electrons. The number of alkyl halides is 1. The molecule has 0 spiro atoms. The number of carbonyl (C=O) groups excluding carboxylic acids is 3. The molecule has 0 aromatic rings. The number of nitrogens with zero attached hydrogens (tertiary/aromatic N) is 3. The van der Waals surface area contributed by atoms with Crippen LogP contribution in [0.15, 0.2) is 11.8 Å². The Labute approximate surface area is 255 Å². The van der Waals surface area contributed by atoms with Gasteiger partial charge < -0.3 is 25.6 Å². The Morgan fingerprint density at radius 2 is 1.74 bits per heavy atom. The van der Waals surface area contributed by atoms with Gasteiger partial charge in [0.15, 0.2) is 5.78 Å². The molecule has 0 aromatic heterocycles. The van der Waals surface area contributed by atoms with Crippen LogP contribution >= 0.6 is 0 Å².